The lowest BCUT2D eigenvalue weighted by Crippen LogP contribution is -2.44. The Kier molecular flexibility index (Phi) is 29.4. The number of nitrogens with zero attached hydrogens (tertiary/aromatic N) is 5. The molecule has 0 atom stereocenters. The van der Waals surface area contributed by atoms with E-state index in [1.807, 2.05) is 109 Å². The van der Waals surface area contributed by atoms with Gasteiger partial charge in [0.05, 0.1) is 13.2 Å². The molecule has 0 bridgehead atoms. The van der Waals surface area contributed by atoms with Gasteiger partial charge in [0.15, 0.2) is 0 Å². The van der Waals surface area contributed by atoms with Gasteiger partial charge in [-0.15, -0.1) is 0 Å². The second-order valence-corrected chi connectivity index (χ2v) is 16.2. The highest BCUT2D eigenvalue weighted by molar-refractivity contribution is 5.88. The fourth-order valence-corrected chi connectivity index (χ4v) is 5.81. The van der Waals surface area contributed by atoms with Crippen LogP contribution in [0, 0.1) is 0 Å². The third-order valence-electron chi connectivity index (χ3n) is 8.77. The molecule has 0 aliphatic carbocycles. The predicted octanol–water partition coefficient (Wildman–Crippen LogP) is 3.45. The van der Waals surface area contributed by atoms with Gasteiger partial charge in [0, 0.05) is 126 Å². The van der Waals surface area contributed by atoms with Crippen LogP contribution in [-0.4, -0.2) is 164 Å². The van der Waals surface area contributed by atoms with Crippen LogP contribution in [0.3, 0.4) is 0 Å². The van der Waals surface area contributed by atoms with E-state index in [4.69, 9.17) is 4.74 Å². The SMILES string of the molecule is CC(C)NC(=O)/C=C/CN1CCCC1.CC(C)NC(=O)/C=C/CN1CCN(C)CC1.CC(C)NC(=O)/C=C/CN1CCOCC1.CC(C)NC(=O)/C=C/Cn1cccc1. The molecule has 59 heavy (non-hydrogen) atoms. The summed E-state index contributed by atoms with van der Waals surface area (Å²) in [4.78, 5) is 54.3. The van der Waals surface area contributed by atoms with Crippen molar-refractivity contribution in [3.05, 3.63) is 73.1 Å². The average molecular weight is 826 g/mol. The maximum atomic E-state index is 11.3. The van der Waals surface area contributed by atoms with E-state index in [0.717, 1.165) is 78.7 Å². The Hall–Kier alpha value is -4.08. The van der Waals surface area contributed by atoms with Gasteiger partial charge in [0.1, 0.15) is 0 Å². The van der Waals surface area contributed by atoms with Crippen molar-refractivity contribution in [2.24, 2.45) is 0 Å². The van der Waals surface area contributed by atoms with Gasteiger partial charge in [-0.1, -0.05) is 24.3 Å². The van der Waals surface area contributed by atoms with Gasteiger partial charge >= 0.3 is 0 Å². The molecule has 4 amide bonds. The summed E-state index contributed by atoms with van der Waals surface area (Å²) < 4.78 is 7.23. The van der Waals surface area contributed by atoms with E-state index < -0.39 is 0 Å². The molecular weight excluding hydrogens is 747 g/mol. The Morgan fingerprint density at radius 1 is 0.492 bits per heavy atom. The molecule has 334 valence electrons. The standard InChI is InChI=1S/C12H23N3O.C11H20N2O2.C11H20N2O.C11H16N2O/c1-11(2)13-12(16)5-4-6-15-9-7-14(3)8-10-15;1-10(2)12-11(14)4-3-5-13-6-8-15-9-7-13;2*1-10(2)12-11(14)6-5-9-13-7-3-4-8-13/h4-5,11H,6-10H2,1-3H3,(H,13,16);3-4,10H,5-9H2,1-2H3,(H,12,14);5-6,10H,3-4,7-9H2,1-2H3,(H,12,14);3-8,10H,9H2,1-2H3,(H,12,14)/b5-4+;4-3+;2*6-5+. The number of allylic oxidation sites excluding steroid dienone is 1. The van der Waals surface area contributed by atoms with E-state index in [-0.39, 0.29) is 47.8 Å². The van der Waals surface area contributed by atoms with Crippen molar-refractivity contribution in [2.75, 3.05) is 92.3 Å². The summed E-state index contributed by atoms with van der Waals surface area (Å²) in [6.07, 6.45) is 20.6. The number of nitrogens with one attached hydrogen (secondary N) is 4. The van der Waals surface area contributed by atoms with Crippen molar-refractivity contribution in [3.63, 3.8) is 0 Å². The van der Waals surface area contributed by atoms with E-state index in [9.17, 15) is 19.2 Å². The Morgan fingerprint density at radius 2 is 0.814 bits per heavy atom. The lowest BCUT2D eigenvalue weighted by Gasteiger charge is -2.31. The molecule has 3 saturated heterocycles. The lowest BCUT2D eigenvalue weighted by atomic mass is 10.3. The summed E-state index contributed by atoms with van der Waals surface area (Å²) in [6.45, 7) is 29.3. The molecule has 3 fully saturated rings. The molecule has 3 aliphatic heterocycles. The molecular formula is C45H79N9O5. The lowest BCUT2D eigenvalue weighted by molar-refractivity contribution is -0.117. The van der Waals surface area contributed by atoms with Crippen LogP contribution < -0.4 is 21.3 Å². The molecule has 3 aliphatic rings. The highest BCUT2D eigenvalue weighted by atomic mass is 16.5. The van der Waals surface area contributed by atoms with Crippen molar-refractivity contribution in [1.29, 1.82) is 0 Å². The summed E-state index contributed by atoms with van der Waals surface area (Å²) in [6, 6.07) is 4.74. The minimum atomic E-state index is -0.0350. The van der Waals surface area contributed by atoms with Crippen LogP contribution in [0.1, 0.15) is 68.2 Å². The summed E-state index contributed by atoms with van der Waals surface area (Å²) in [5.41, 5.74) is 0. The normalized spacial score (nSPS) is 17.0. The number of morpholine rings is 1. The van der Waals surface area contributed by atoms with E-state index in [1.54, 1.807) is 24.3 Å². The molecule has 4 rings (SSSR count). The maximum Gasteiger partial charge on any atom is 0.243 e. The van der Waals surface area contributed by atoms with Crippen molar-refractivity contribution in [2.45, 2.75) is 98.9 Å². The zero-order valence-corrected chi connectivity index (χ0v) is 37.8. The Morgan fingerprint density at radius 3 is 1.17 bits per heavy atom. The van der Waals surface area contributed by atoms with Crippen LogP contribution in [0.5, 0.6) is 0 Å². The maximum absolute atomic E-state index is 11.3. The number of carbonyl (C=O) groups excluding carboxylic acids is 4. The Labute approximate surface area is 356 Å². The third kappa shape index (κ3) is 31.5. The Balaban J connectivity index is 0.000000394. The number of likely N-dealkylation sites (tertiary alicyclic amines) is 1. The number of amides is 4. The first-order chi connectivity index (χ1) is 28.1. The van der Waals surface area contributed by atoms with Crippen molar-refractivity contribution >= 4 is 23.6 Å². The first-order valence-corrected chi connectivity index (χ1v) is 21.5. The quantitative estimate of drug-likeness (QED) is 0.185. The molecule has 1 aromatic heterocycles. The minimum absolute atomic E-state index is 0.00382. The summed E-state index contributed by atoms with van der Waals surface area (Å²) in [7, 11) is 2.14. The monoisotopic (exact) mass is 826 g/mol. The number of ether oxygens (including phenoxy) is 1. The van der Waals surface area contributed by atoms with Gasteiger partial charge in [0.2, 0.25) is 23.6 Å². The number of aromatic nitrogens is 1. The van der Waals surface area contributed by atoms with Crippen LogP contribution in [0.25, 0.3) is 0 Å². The van der Waals surface area contributed by atoms with Gasteiger partial charge < -0.3 is 35.5 Å². The first kappa shape index (κ1) is 52.9. The van der Waals surface area contributed by atoms with Gasteiger partial charge in [0.25, 0.3) is 0 Å². The van der Waals surface area contributed by atoms with Crippen LogP contribution in [0.4, 0.5) is 0 Å². The van der Waals surface area contributed by atoms with Gasteiger partial charge in [-0.2, -0.15) is 0 Å². The zero-order chi connectivity index (χ0) is 43.8. The zero-order valence-electron chi connectivity index (χ0n) is 37.8. The van der Waals surface area contributed by atoms with Gasteiger partial charge in [-0.3, -0.25) is 33.9 Å². The predicted molar refractivity (Wildman–Crippen MR) is 241 cm³/mol. The molecule has 0 saturated carbocycles. The highest BCUT2D eigenvalue weighted by Crippen LogP contribution is 2.06. The van der Waals surface area contributed by atoms with Crippen LogP contribution in [-0.2, 0) is 30.5 Å². The summed E-state index contributed by atoms with van der Waals surface area (Å²) >= 11 is 0. The topological polar surface area (TPSA) is 144 Å². The van der Waals surface area contributed by atoms with Crippen LogP contribution in [0.15, 0.2) is 73.1 Å². The molecule has 0 radical (unpaired) electrons. The van der Waals surface area contributed by atoms with Crippen molar-refractivity contribution in [3.8, 4) is 0 Å². The number of rotatable bonds is 16. The van der Waals surface area contributed by atoms with Crippen LogP contribution >= 0.6 is 0 Å². The molecule has 0 aromatic carbocycles. The number of carbonyl (C=O) groups is 4. The minimum Gasteiger partial charge on any atom is -0.379 e. The highest BCUT2D eigenvalue weighted by Gasteiger charge is 2.12. The molecule has 4 N–H and O–H groups in total. The van der Waals surface area contributed by atoms with Gasteiger partial charge in [-0.05, 0) is 101 Å². The van der Waals surface area contributed by atoms with Crippen molar-refractivity contribution < 1.29 is 23.9 Å². The van der Waals surface area contributed by atoms with Crippen molar-refractivity contribution in [1.82, 2.24) is 45.4 Å². The van der Waals surface area contributed by atoms with E-state index in [1.165, 1.54) is 25.9 Å². The number of hydrogen-bond donors (Lipinski definition) is 4. The number of piperazine rings is 1. The summed E-state index contributed by atoms with van der Waals surface area (Å²) in [5.74, 6) is -0.0336. The largest absolute Gasteiger partial charge is 0.379 e. The molecule has 14 heteroatoms. The van der Waals surface area contributed by atoms with Gasteiger partial charge in [-0.25, -0.2) is 0 Å². The van der Waals surface area contributed by atoms with E-state index in [2.05, 4.69) is 47.9 Å². The number of hydrogen-bond acceptors (Lipinski definition) is 9. The molecule has 4 heterocycles. The fourth-order valence-electron chi connectivity index (χ4n) is 5.81. The second kappa shape index (κ2) is 32.7. The fraction of sp³-hybridized carbons (Fsp3) is 0.644. The third-order valence-corrected chi connectivity index (χ3v) is 8.77. The van der Waals surface area contributed by atoms with E-state index in [0.29, 0.717) is 0 Å². The molecule has 0 unspecified atom stereocenters. The molecule has 0 spiro atoms. The Bertz CT molecular complexity index is 1390. The molecule has 14 nitrogen and oxygen atoms in total. The number of likely N-dealkylation sites (N-methyl/N-ethyl adjacent to an activating group) is 1. The second-order valence-electron chi connectivity index (χ2n) is 16.2. The smallest absolute Gasteiger partial charge is 0.243 e. The molecule has 1 aromatic rings. The first-order valence-electron chi connectivity index (χ1n) is 21.5. The summed E-state index contributed by atoms with van der Waals surface area (Å²) in [5, 5.41) is 11.3. The average Bonchev–Trinajstić information content (AvgIpc) is 3.88. The van der Waals surface area contributed by atoms with E-state index >= 15 is 0 Å². The van der Waals surface area contributed by atoms with Crippen LogP contribution in [0.2, 0.25) is 0 Å².